The minimum absolute atomic E-state index is 0.170. The van der Waals surface area contributed by atoms with Crippen LogP contribution in [0.2, 0.25) is 0 Å². The summed E-state index contributed by atoms with van der Waals surface area (Å²) in [5.74, 6) is 4.76. The lowest BCUT2D eigenvalue weighted by Crippen LogP contribution is -2.62. The average Bonchev–Trinajstić information content (AvgIpc) is 3.41. The SMILES string of the molecule is CC[C@H]1[C@@H](O)[C@@H]2[C@H](CC[C@]3(C)[C@@H]([C@H](C)CCc4nnn[nH]4)CC[C@@H]23)[C@@]2(C)CC[C@@H](O)C[C@@H]12. The first kappa shape index (κ1) is 22.8. The Balaban J connectivity index is 1.38. The number of H-pyrrole nitrogens is 1. The molecule has 0 spiro atoms. The highest BCUT2D eigenvalue weighted by molar-refractivity contribution is 5.13. The second-order valence-electron chi connectivity index (χ2n) is 12.5. The number of aliphatic hydroxyl groups is 2. The van der Waals surface area contributed by atoms with Gasteiger partial charge in [0.1, 0.15) is 5.82 Å². The number of nitrogens with one attached hydrogen (secondary N) is 1. The molecular formula is C26H44N4O2. The Morgan fingerprint density at radius 2 is 1.78 bits per heavy atom. The van der Waals surface area contributed by atoms with Crippen molar-refractivity contribution >= 4 is 0 Å². The third-order valence-electron chi connectivity index (χ3n) is 11.4. The summed E-state index contributed by atoms with van der Waals surface area (Å²) in [4.78, 5) is 0. The highest BCUT2D eigenvalue weighted by Crippen LogP contribution is 2.69. The molecule has 0 unspecified atom stereocenters. The molecular weight excluding hydrogens is 400 g/mol. The molecule has 6 nitrogen and oxygen atoms in total. The second kappa shape index (κ2) is 8.33. The fourth-order valence-electron chi connectivity index (χ4n) is 9.78. The standard InChI is InChI=1S/C26H44N4O2/c1-5-17-21-14-16(31)10-12-26(21,4)20-11-13-25(3)18(7-8-19(25)23(20)24(17)32)15(2)6-9-22-27-29-30-28-22/h15-21,23-24,31-32H,5-14H2,1-4H3,(H,27,28,29,30)/t15-,16-,17-,18-,19+,20+,21+,23+,24-,25-,26-/m1/s1. The summed E-state index contributed by atoms with van der Waals surface area (Å²) in [6.07, 6.45) is 10.8. The summed E-state index contributed by atoms with van der Waals surface area (Å²) in [6, 6.07) is 0. The molecule has 0 bridgehead atoms. The van der Waals surface area contributed by atoms with Crippen molar-refractivity contribution < 1.29 is 10.2 Å². The first-order valence-electron chi connectivity index (χ1n) is 13.4. The van der Waals surface area contributed by atoms with Crippen molar-refractivity contribution in [3.05, 3.63) is 5.82 Å². The largest absolute Gasteiger partial charge is 0.393 e. The normalized spacial score (nSPS) is 49.2. The lowest BCUT2D eigenvalue weighted by atomic mass is 9.41. The van der Waals surface area contributed by atoms with Gasteiger partial charge in [-0.15, -0.1) is 5.10 Å². The van der Waals surface area contributed by atoms with Gasteiger partial charge >= 0.3 is 0 Å². The van der Waals surface area contributed by atoms with E-state index in [1.165, 1.54) is 25.7 Å². The molecule has 1 heterocycles. The van der Waals surface area contributed by atoms with Gasteiger partial charge in [0.2, 0.25) is 0 Å². The van der Waals surface area contributed by atoms with Crippen LogP contribution in [-0.4, -0.2) is 43.0 Å². The predicted molar refractivity (Wildman–Crippen MR) is 123 cm³/mol. The van der Waals surface area contributed by atoms with Gasteiger partial charge in [0.15, 0.2) is 0 Å². The summed E-state index contributed by atoms with van der Waals surface area (Å²) >= 11 is 0. The average molecular weight is 445 g/mol. The van der Waals surface area contributed by atoms with Crippen molar-refractivity contribution in [3.8, 4) is 0 Å². The van der Waals surface area contributed by atoms with Gasteiger partial charge in [-0.2, -0.15) is 0 Å². The zero-order valence-corrected chi connectivity index (χ0v) is 20.5. The number of aryl methyl sites for hydroxylation is 1. The van der Waals surface area contributed by atoms with Crippen LogP contribution in [0.25, 0.3) is 0 Å². The Labute approximate surface area is 193 Å². The third kappa shape index (κ3) is 3.38. The maximum absolute atomic E-state index is 11.8. The number of fused-ring (bicyclic) bond motifs is 5. The summed E-state index contributed by atoms with van der Waals surface area (Å²) in [6.45, 7) is 9.78. The molecule has 0 aromatic carbocycles. The van der Waals surface area contributed by atoms with E-state index < -0.39 is 0 Å². The van der Waals surface area contributed by atoms with E-state index >= 15 is 0 Å². The molecule has 11 atom stereocenters. The molecule has 3 N–H and O–H groups in total. The van der Waals surface area contributed by atoms with Crippen LogP contribution in [0.15, 0.2) is 0 Å². The van der Waals surface area contributed by atoms with Crippen molar-refractivity contribution in [3.63, 3.8) is 0 Å². The van der Waals surface area contributed by atoms with Gasteiger partial charge in [-0.1, -0.05) is 34.1 Å². The van der Waals surface area contributed by atoms with E-state index in [2.05, 4.69) is 48.3 Å². The Bertz CT molecular complexity index is 787. The number of hydrogen-bond acceptors (Lipinski definition) is 5. The molecule has 180 valence electrons. The Morgan fingerprint density at radius 3 is 2.50 bits per heavy atom. The second-order valence-corrected chi connectivity index (χ2v) is 12.5. The van der Waals surface area contributed by atoms with Crippen molar-refractivity contribution in [1.29, 1.82) is 0 Å². The number of hydrogen-bond donors (Lipinski definition) is 3. The Morgan fingerprint density at radius 1 is 1.03 bits per heavy atom. The molecule has 1 aromatic rings. The van der Waals surface area contributed by atoms with Crippen LogP contribution in [-0.2, 0) is 6.42 Å². The number of tetrazole rings is 1. The molecule has 0 radical (unpaired) electrons. The van der Waals surface area contributed by atoms with E-state index in [1.54, 1.807) is 0 Å². The van der Waals surface area contributed by atoms with Crippen LogP contribution >= 0.6 is 0 Å². The van der Waals surface area contributed by atoms with Gasteiger partial charge < -0.3 is 10.2 Å². The molecule has 0 amide bonds. The number of aliphatic hydroxyl groups excluding tert-OH is 2. The smallest absolute Gasteiger partial charge is 0.148 e. The van der Waals surface area contributed by atoms with Crippen LogP contribution in [0.5, 0.6) is 0 Å². The van der Waals surface area contributed by atoms with Crippen LogP contribution in [0.3, 0.4) is 0 Å². The zero-order valence-electron chi connectivity index (χ0n) is 20.5. The number of aromatic nitrogens is 4. The van der Waals surface area contributed by atoms with Gasteiger partial charge in [0.05, 0.1) is 12.2 Å². The molecule has 4 saturated carbocycles. The molecule has 1 aromatic heterocycles. The van der Waals surface area contributed by atoms with Crippen molar-refractivity contribution in [2.24, 2.45) is 52.3 Å². The van der Waals surface area contributed by atoms with E-state index in [0.717, 1.165) is 50.3 Å². The predicted octanol–water partition coefficient (Wildman–Crippen LogP) is 4.40. The van der Waals surface area contributed by atoms with Crippen molar-refractivity contribution in [2.75, 3.05) is 0 Å². The van der Waals surface area contributed by atoms with Crippen LogP contribution in [0.4, 0.5) is 0 Å². The lowest BCUT2D eigenvalue weighted by molar-refractivity contribution is -0.203. The fourth-order valence-corrected chi connectivity index (χ4v) is 9.78. The quantitative estimate of drug-likeness (QED) is 0.626. The number of rotatable bonds is 5. The molecule has 6 heteroatoms. The topological polar surface area (TPSA) is 94.9 Å². The van der Waals surface area contributed by atoms with Gasteiger partial charge in [-0.25, -0.2) is 5.10 Å². The number of nitrogens with zero attached hydrogens (tertiary/aromatic N) is 3. The van der Waals surface area contributed by atoms with Crippen LogP contribution in [0, 0.1) is 52.3 Å². The van der Waals surface area contributed by atoms with Crippen molar-refractivity contribution in [2.45, 2.75) is 104 Å². The van der Waals surface area contributed by atoms with E-state index in [1.807, 2.05) is 0 Å². The van der Waals surface area contributed by atoms with Gasteiger partial charge in [0, 0.05) is 6.42 Å². The van der Waals surface area contributed by atoms with Gasteiger partial charge in [-0.05, 0) is 114 Å². The molecule has 4 aliphatic carbocycles. The van der Waals surface area contributed by atoms with E-state index in [4.69, 9.17) is 0 Å². The van der Waals surface area contributed by atoms with E-state index in [-0.39, 0.29) is 17.6 Å². The van der Waals surface area contributed by atoms with E-state index in [9.17, 15) is 10.2 Å². The van der Waals surface area contributed by atoms with E-state index in [0.29, 0.717) is 40.9 Å². The molecule has 32 heavy (non-hydrogen) atoms. The molecule has 0 saturated heterocycles. The first-order valence-corrected chi connectivity index (χ1v) is 13.4. The maximum atomic E-state index is 11.8. The molecule has 0 aliphatic heterocycles. The molecule has 4 fully saturated rings. The summed E-state index contributed by atoms with van der Waals surface area (Å²) < 4.78 is 0. The lowest BCUT2D eigenvalue weighted by Gasteiger charge is -2.64. The Hall–Kier alpha value is -1.01. The minimum Gasteiger partial charge on any atom is -0.393 e. The summed E-state index contributed by atoms with van der Waals surface area (Å²) in [5, 5.41) is 36.7. The zero-order chi connectivity index (χ0) is 22.7. The highest BCUT2D eigenvalue weighted by Gasteiger charge is 2.64. The number of aromatic amines is 1. The summed E-state index contributed by atoms with van der Waals surface area (Å²) in [7, 11) is 0. The molecule has 5 rings (SSSR count). The monoisotopic (exact) mass is 444 g/mol. The minimum atomic E-state index is -0.202. The van der Waals surface area contributed by atoms with Crippen LogP contribution < -0.4 is 0 Å². The summed E-state index contributed by atoms with van der Waals surface area (Å²) in [5.41, 5.74) is 0.616. The van der Waals surface area contributed by atoms with Gasteiger partial charge in [-0.3, -0.25) is 0 Å². The maximum Gasteiger partial charge on any atom is 0.148 e. The Kier molecular flexibility index (Phi) is 5.93. The van der Waals surface area contributed by atoms with Gasteiger partial charge in [0.25, 0.3) is 0 Å². The van der Waals surface area contributed by atoms with Crippen molar-refractivity contribution in [1.82, 2.24) is 20.6 Å². The first-order chi connectivity index (χ1) is 15.3. The third-order valence-corrected chi connectivity index (χ3v) is 11.4. The van der Waals surface area contributed by atoms with Crippen LogP contribution in [0.1, 0.15) is 91.3 Å². The fraction of sp³-hybridized carbons (Fsp3) is 0.962. The highest BCUT2D eigenvalue weighted by atomic mass is 16.3. The molecule has 4 aliphatic rings.